The molecule has 8 heteroatoms. The highest BCUT2D eigenvalue weighted by molar-refractivity contribution is 6.01. The van der Waals surface area contributed by atoms with Gasteiger partial charge in [0.1, 0.15) is 0 Å². The highest BCUT2D eigenvalue weighted by atomic mass is 16.6. The molecule has 0 spiro atoms. The van der Waals surface area contributed by atoms with Crippen LogP contribution in [-0.2, 0) is 38.1 Å². The Labute approximate surface area is 215 Å². The van der Waals surface area contributed by atoms with Crippen LogP contribution in [0.1, 0.15) is 66.2 Å². The summed E-state index contributed by atoms with van der Waals surface area (Å²) in [6.07, 6.45) is 11.9. The highest BCUT2D eigenvalue weighted by Crippen LogP contribution is 2.33. The fourth-order valence-corrected chi connectivity index (χ4v) is 3.57. The van der Waals surface area contributed by atoms with Crippen molar-refractivity contribution < 1.29 is 38.1 Å². The lowest BCUT2D eigenvalue weighted by molar-refractivity contribution is -0.173. The van der Waals surface area contributed by atoms with Crippen molar-refractivity contribution in [2.45, 2.75) is 66.2 Å². The molecular weight excluding hydrogens is 464 g/mol. The summed E-state index contributed by atoms with van der Waals surface area (Å²) in [6.45, 7) is 14.6. The molecule has 202 valence electrons. The SMILES string of the molecule is C=CCC(C/C=C/CC/C=C/CC(CC=C)(C(=O)OCC)C(=O)OCC)(C(=O)OCC)C(=O)OCC. The van der Waals surface area contributed by atoms with E-state index >= 15 is 0 Å². The van der Waals surface area contributed by atoms with Crippen LogP contribution in [0.3, 0.4) is 0 Å². The summed E-state index contributed by atoms with van der Waals surface area (Å²) >= 11 is 0. The number of hydrogen-bond donors (Lipinski definition) is 0. The second kappa shape index (κ2) is 18.2. The fourth-order valence-electron chi connectivity index (χ4n) is 3.57. The number of carbonyl (C=O) groups excluding carboxylic acids is 4. The summed E-state index contributed by atoms with van der Waals surface area (Å²) in [5.41, 5.74) is -2.94. The third kappa shape index (κ3) is 9.47. The van der Waals surface area contributed by atoms with E-state index in [1.807, 2.05) is 12.2 Å². The standard InChI is InChI=1S/C28H42O8/c1-7-19-27(23(29)33-9-3,24(30)34-10-4)21-17-15-13-14-16-18-22-28(20-8-2,25(31)35-11-5)26(32)36-12-6/h7-8,15-18H,1-2,9-14,19-22H2,3-6H3/b17-15+,18-16+. The van der Waals surface area contributed by atoms with E-state index in [0.29, 0.717) is 12.8 Å². The minimum Gasteiger partial charge on any atom is -0.465 e. The van der Waals surface area contributed by atoms with Gasteiger partial charge in [-0.3, -0.25) is 19.2 Å². The molecule has 0 saturated heterocycles. The van der Waals surface area contributed by atoms with Gasteiger partial charge in [0.25, 0.3) is 0 Å². The molecular formula is C28H42O8. The smallest absolute Gasteiger partial charge is 0.324 e. The summed E-state index contributed by atoms with van der Waals surface area (Å²) in [5, 5.41) is 0. The van der Waals surface area contributed by atoms with Crippen molar-refractivity contribution in [3.8, 4) is 0 Å². The third-order valence-electron chi connectivity index (χ3n) is 5.42. The Balaban J connectivity index is 5.34. The molecule has 0 atom stereocenters. The molecule has 0 aromatic heterocycles. The molecule has 0 fully saturated rings. The first-order chi connectivity index (χ1) is 17.3. The van der Waals surface area contributed by atoms with Crippen LogP contribution in [0.25, 0.3) is 0 Å². The molecule has 8 nitrogen and oxygen atoms in total. The maximum Gasteiger partial charge on any atom is 0.324 e. The van der Waals surface area contributed by atoms with E-state index in [1.54, 1.807) is 39.8 Å². The van der Waals surface area contributed by atoms with Gasteiger partial charge in [0.2, 0.25) is 0 Å². The van der Waals surface area contributed by atoms with Crippen LogP contribution in [-0.4, -0.2) is 50.3 Å². The molecule has 0 aliphatic rings. The quantitative estimate of drug-likeness (QED) is 0.0789. The molecule has 0 N–H and O–H groups in total. The van der Waals surface area contributed by atoms with Crippen LogP contribution in [0.5, 0.6) is 0 Å². The Hall–Kier alpha value is -3.16. The number of unbranched alkanes of at least 4 members (excludes halogenated alkanes) is 1. The van der Waals surface area contributed by atoms with Crippen LogP contribution in [0, 0.1) is 10.8 Å². The van der Waals surface area contributed by atoms with Crippen LogP contribution < -0.4 is 0 Å². The Morgan fingerprint density at radius 3 is 1.03 bits per heavy atom. The van der Waals surface area contributed by atoms with Crippen LogP contribution in [0.4, 0.5) is 0 Å². The number of ether oxygens (including phenoxy) is 4. The van der Waals surface area contributed by atoms with Crippen molar-refractivity contribution in [1.82, 2.24) is 0 Å². The maximum absolute atomic E-state index is 12.6. The Bertz CT molecular complexity index is 691. The van der Waals surface area contributed by atoms with Gasteiger partial charge >= 0.3 is 23.9 Å². The zero-order valence-electron chi connectivity index (χ0n) is 22.2. The first kappa shape index (κ1) is 32.8. The molecule has 36 heavy (non-hydrogen) atoms. The van der Waals surface area contributed by atoms with E-state index in [1.165, 1.54) is 12.2 Å². The number of rotatable bonds is 19. The molecule has 0 bridgehead atoms. The van der Waals surface area contributed by atoms with E-state index < -0.39 is 34.7 Å². The highest BCUT2D eigenvalue weighted by Gasteiger charge is 2.47. The minimum absolute atomic E-state index is 0.0992. The Morgan fingerprint density at radius 2 is 0.806 bits per heavy atom. The summed E-state index contributed by atoms with van der Waals surface area (Å²) in [5.74, 6) is -2.54. The van der Waals surface area contributed by atoms with E-state index in [4.69, 9.17) is 18.9 Å². The molecule has 0 aliphatic carbocycles. The molecule has 0 aromatic carbocycles. The predicted molar refractivity (Wildman–Crippen MR) is 138 cm³/mol. The molecule has 0 radical (unpaired) electrons. The van der Waals surface area contributed by atoms with Crippen molar-refractivity contribution in [1.29, 1.82) is 0 Å². The molecule has 0 heterocycles. The maximum atomic E-state index is 12.6. The summed E-state index contributed by atoms with van der Waals surface area (Å²) < 4.78 is 20.6. The fraction of sp³-hybridized carbons (Fsp3) is 0.571. The summed E-state index contributed by atoms with van der Waals surface area (Å²) in [7, 11) is 0. The second-order valence-electron chi connectivity index (χ2n) is 7.96. The lowest BCUT2D eigenvalue weighted by Crippen LogP contribution is -2.41. The van der Waals surface area contributed by atoms with E-state index in [9.17, 15) is 19.2 Å². The van der Waals surface area contributed by atoms with Gasteiger partial charge in [-0.25, -0.2) is 0 Å². The first-order valence-corrected chi connectivity index (χ1v) is 12.5. The van der Waals surface area contributed by atoms with Gasteiger partial charge in [-0.05, 0) is 66.2 Å². The average molecular weight is 507 g/mol. The normalized spacial score (nSPS) is 11.8. The van der Waals surface area contributed by atoms with Gasteiger partial charge in [-0.2, -0.15) is 0 Å². The van der Waals surface area contributed by atoms with Crippen LogP contribution in [0.15, 0.2) is 49.6 Å². The predicted octanol–water partition coefficient (Wildman–Crippen LogP) is 5.04. The third-order valence-corrected chi connectivity index (χ3v) is 5.42. The van der Waals surface area contributed by atoms with Crippen molar-refractivity contribution in [3.05, 3.63) is 49.6 Å². The van der Waals surface area contributed by atoms with E-state index in [2.05, 4.69) is 13.2 Å². The number of allylic oxidation sites excluding steroid dienone is 6. The van der Waals surface area contributed by atoms with Gasteiger partial charge in [0, 0.05) is 0 Å². The van der Waals surface area contributed by atoms with Gasteiger partial charge in [0.15, 0.2) is 10.8 Å². The van der Waals surface area contributed by atoms with Gasteiger partial charge in [-0.15, -0.1) is 13.2 Å². The van der Waals surface area contributed by atoms with E-state index in [0.717, 1.165) is 0 Å². The lowest BCUT2D eigenvalue weighted by atomic mass is 9.80. The van der Waals surface area contributed by atoms with Crippen LogP contribution in [0.2, 0.25) is 0 Å². The Morgan fingerprint density at radius 1 is 0.528 bits per heavy atom. The molecule has 0 aliphatic heterocycles. The molecule has 0 saturated carbocycles. The average Bonchev–Trinajstić information content (AvgIpc) is 2.84. The summed E-state index contributed by atoms with van der Waals surface area (Å²) in [6, 6.07) is 0. The van der Waals surface area contributed by atoms with Gasteiger partial charge < -0.3 is 18.9 Å². The van der Waals surface area contributed by atoms with Crippen molar-refractivity contribution in [2.75, 3.05) is 26.4 Å². The first-order valence-electron chi connectivity index (χ1n) is 12.5. The lowest BCUT2D eigenvalue weighted by Gasteiger charge is -2.27. The molecule has 0 aromatic rings. The van der Waals surface area contributed by atoms with Crippen LogP contribution >= 0.6 is 0 Å². The monoisotopic (exact) mass is 506 g/mol. The zero-order chi connectivity index (χ0) is 27.5. The number of hydrogen-bond acceptors (Lipinski definition) is 8. The van der Waals surface area contributed by atoms with Crippen molar-refractivity contribution in [2.24, 2.45) is 10.8 Å². The topological polar surface area (TPSA) is 105 Å². The molecule has 0 rings (SSSR count). The van der Waals surface area contributed by atoms with Crippen molar-refractivity contribution >= 4 is 23.9 Å². The van der Waals surface area contributed by atoms with Crippen molar-refractivity contribution in [3.63, 3.8) is 0 Å². The molecule has 0 amide bonds. The molecule has 0 unspecified atom stereocenters. The van der Waals surface area contributed by atoms with Gasteiger partial charge in [-0.1, -0.05) is 36.5 Å². The van der Waals surface area contributed by atoms with Gasteiger partial charge in [0.05, 0.1) is 26.4 Å². The second-order valence-corrected chi connectivity index (χ2v) is 7.96. The minimum atomic E-state index is -1.47. The largest absolute Gasteiger partial charge is 0.465 e. The summed E-state index contributed by atoms with van der Waals surface area (Å²) in [4.78, 5) is 50.5. The van der Waals surface area contributed by atoms with E-state index in [-0.39, 0.29) is 52.1 Å². The number of esters is 4. The Kier molecular flexibility index (Phi) is 16.6. The number of carbonyl (C=O) groups is 4. The zero-order valence-corrected chi connectivity index (χ0v) is 22.2.